The minimum Gasteiger partial charge on any atom is -0.481 e. The maximum absolute atomic E-state index is 10.8. The lowest BCUT2D eigenvalue weighted by Crippen LogP contribution is -2.09. The van der Waals surface area contributed by atoms with Gasteiger partial charge in [0.1, 0.15) is 5.52 Å². The van der Waals surface area contributed by atoms with Crippen molar-refractivity contribution in [3.05, 3.63) is 17.8 Å². The van der Waals surface area contributed by atoms with Crippen molar-refractivity contribution in [2.24, 2.45) is 0 Å². The minimum absolute atomic E-state index is 0.0115. The third-order valence-electron chi connectivity index (χ3n) is 3.14. The quantitative estimate of drug-likeness (QED) is 0.788. The van der Waals surface area contributed by atoms with Gasteiger partial charge < -0.3 is 9.67 Å². The van der Waals surface area contributed by atoms with Gasteiger partial charge in [0.25, 0.3) is 0 Å². The van der Waals surface area contributed by atoms with Crippen LogP contribution in [0.25, 0.3) is 11.2 Å². The van der Waals surface area contributed by atoms with E-state index in [0.29, 0.717) is 0 Å². The molecular weight excluding hydrogens is 306 g/mol. The first-order valence-corrected chi connectivity index (χ1v) is 9.09. The monoisotopic (exact) mass is 325 g/mol. The van der Waals surface area contributed by atoms with Gasteiger partial charge in [-0.1, -0.05) is 11.8 Å². The number of rotatable bonds is 7. The lowest BCUT2D eigenvalue weighted by molar-refractivity contribution is -0.133. The van der Waals surface area contributed by atoms with Gasteiger partial charge in [-0.25, -0.2) is 9.97 Å². The number of aliphatic carboxylic acids is 1. The molecule has 1 unspecified atom stereocenters. The summed E-state index contributed by atoms with van der Waals surface area (Å²) < 4.78 is 2.07. The first-order chi connectivity index (χ1) is 10.0. The molecule has 5 nitrogen and oxygen atoms in total. The number of aryl methyl sites for hydroxylation is 1. The normalized spacial score (nSPS) is 12.7. The predicted octanol–water partition coefficient (Wildman–Crippen LogP) is 3.23. The molecule has 114 valence electrons. The fraction of sp³-hybridized carbons (Fsp3) is 0.500. The standard InChI is InChI=1S/C14H19N3O2S2/c1-9-6-11-13(15-7-9)17(10(2)4-5-20-3)14(16-11)21-8-12(18)19/h6-7,10H,4-5,8H2,1-3H3,(H,18,19). The highest BCUT2D eigenvalue weighted by Crippen LogP contribution is 2.29. The second-order valence-electron chi connectivity index (χ2n) is 4.93. The lowest BCUT2D eigenvalue weighted by Gasteiger charge is -2.16. The van der Waals surface area contributed by atoms with Crippen molar-refractivity contribution in [3.8, 4) is 0 Å². The fourth-order valence-electron chi connectivity index (χ4n) is 2.10. The molecule has 0 bridgehead atoms. The number of pyridine rings is 1. The molecule has 0 saturated heterocycles. The van der Waals surface area contributed by atoms with Crippen molar-refractivity contribution in [1.29, 1.82) is 0 Å². The highest BCUT2D eigenvalue weighted by atomic mass is 32.2. The Labute approximate surface area is 132 Å². The molecule has 2 aromatic rings. The van der Waals surface area contributed by atoms with E-state index in [1.54, 1.807) is 11.8 Å². The van der Waals surface area contributed by atoms with E-state index in [9.17, 15) is 4.79 Å². The summed E-state index contributed by atoms with van der Waals surface area (Å²) in [6, 6.07) is 2.24. The molecule has 1 N–H and O–H groups in total. The summed E-state index contributed by atoms with van der Waals surface area (Å²) in [5.41, 5.74) is 2.72. The van der Waals surface area contributed by atoms with Crippen LogP contribution in [-0.4, -0.2) is 43.4 Å². The Morgan fingerprint density at radius 3 is 2.95 bits per heavy atom. The molecule has 1 atom stereocenters. The van der Waals surface area contributed by atoms with Crippen LogP contribution in [0.2, 0.25) is 0 Å². The number of carboxylic acid groups (broad SMARTS) is 1. The average Bonchev–Trinajstić information content (AvgIpc) is 2.79. The van der Waals surface area contributed by atoms with Gasteiger partial charge in [0.2, 0.25) is 0 Å². The Kier molecular flexibility index (Phi) is 5.52. The molecule has 2 aromatic heterocycles. The van der Waals surface area contributed by atoms with E-state index in [1.807, 2.05) is 19.2 Å². The van der Waals surface area contributed by atoms with Crippen LogP contribution in [0, 0.1) is 6.92 Å². The van der Waals surface area contributed by atoms with E-state index >= 15 is 0 Å². The lowest BCUT2D eigenvalue weighted by atomic mass is 10.2. The molecule has 0 radical (unpaired) electrons. The van der Waals surface area contributed by atoms with E-state index in [1.165, 1.54) is 11.8 Å². The third kappa shape index (κ3) is 3.91. The van der Waals surface area contributed by atoms with E-state index < -0.39 is 5.97 Å². The van der Waals surface area contributed by atoms with Crippen molar-refractivity contribution < 1.29 is 9.90 Å². The zero-order valence-electron chi connectivity index (χ0n) is 12.4. The predicted molar refractivity (Wildman–Crippen MR) is 88.3 cm³/mol. The molecule has 0 amide bonds. The topological polar surface area (TPSA) is 68.0 Å². The second kappa shape index (κ2) is 7.17. The SMILES string of the molecule is CSCCC(C)n1c(SCC(=O)O)nc2cc(C)cnc21. The molecule has 0 fully saturated rings. The summed E-state index contributed by atoms with van der Waals surface area (Å²) in [4.78, 5) is 19.9. The summed E-state index contributed by atoms with van der Waals surface area (Å²) >= 11 is 3.06. The fourth-order valence-corrected chi connectivity index (χ4v) is 3.50. The largest absolute Gasteiger partial charge is 0.481 e. The summed E-state index contributed by atoms with van der Waals surface area (Å²) in [5, 5.41) is 9.62. The van der Waals surface area contributed by atoms with Crippen LogP contribution in [0.4, 0.5) is 0 Å². The number of nitrogens with zero attached hydrogens (tertiary/aromatic N) is 3. The van der Waals surface area contributed by atoms with Crippen LogP contribution in [0.3, 0.4) is 0 Å². The Hall–Kier alpha value is -1.21. The van der Waals surface area contributed by atoms with Crippen molar-refractivity contribution in [2.45, 2.75) is 31.5 Å². The molecule has 2 rings (SSSR count). The summed E-state index contributed by atoms with van der Waals surface area (Å²) in [7, 11) is 0. The van der Waals surface area contributed by atoms with Crippen molar-refractivity contribution in [2.75, 3.05) is 17.8 Å². The average molecular weight is 325 g/mol. The molecule has 0 aliphatic rings. The highest BCUT2D eigenvalue weighted by Gasteiger charge is 2.18. The first kappa shape index (κ1) is 16.2. The van der Waals surface area contributed by atoms with Crippen LogP contribution in [0.15, 0.2) is 17.4 Å². The summed E-state index contributed by atoms with van der Waals surface area (Å²) in [5.74, 6) is 0.229. The van der Waals surface area contributed by atoms with Crippen LogP contribution < -0.4 is 0 Å². The van der Waals surface area contributed by atoms with Crippen LogP contribution >= 0.6 is 23.5 Å². The number of carboxylic acids is 1. The van der Waals surface area contributed by atoms with Crippen LogP contribution in [0.5, 0.6) is 0 Å². The molecule has 7 heteroatoms. The Morgan fingerprint density at radius 2 is 2.29 bits per heavy atom. The van der Waals surface area contributed by atoms with Gasteiger partial charge in [-0.3, -0.25) is 4.79 Å². The van der Waals surface area contributed by atoms with Crippen molar-refractivity contribution in [3.63, 3.8) is 0 Å². The van der Waals surface area contributed by atoms with E-state index in [-0.39, 0.29) is 11.8 Å². The highest BCUT2D eigenvalue weighted by molar-refractivity contribution is 7.99. The Balaban J connectivity index is 2.41. The number of fused-ring (bicyclic) bond motifs is 1. The maximum atomic E-state index is 10.8. The van der Waals surface area contributed by atoms with Gasteiger partial charge in [0, 0.05) is 12.2 Å². The molecule has 21 heavy (non-hydrogen) atoms. The molecule has 0 spiro atoms. The Bertz CT molecular complexity index is 642. The molecule has 0 saturated carbocycles. The number of imidazole rings is 1. The third-order valence-corrected chi connectivity index (χ3v) is 4.72. The van der Waals surface area contributed by atoms with Crippen LogP contribution in [0.1, 0.15) is 24.9 Å². The van der Waals surface area contributed by atoms with Gasteiger partial charge in [0.05, 0.1) is 5.75 Å². The summed E-state index contributed by atoms with van der Waals surface area (Å²) in [6.07, 6.45) is 4.91. The van der Waals surface area contributed by atoms with E-state index in [4.69, 9.17) is 5.11 Å². The number of hydrogen-bond acceptors (Lipinski definition) is 5. The van der Waals surface area contributed by atoms with Crippen molar-refractivity contribution in [1.82, 2.24) is 14.5 Å². The van der Waals surface area contributed by atoms with Gasteiger partial charge in [0.15, 0.2) is 10.8 Å². The van der Waals surface area contributed by atoms with Crippen molar-refractivity contribution >= 4 is 40.7 Å². The number of hydrogen-bond donors (Lipinski definition) is 1. The first-order valence-electron chi connectivity index (χ1n) is 6.71. The van der Waals surface area contributed by atoms with Gasteiger partial charge in [-0.15, -0.1) is 0 Å². The molecule has 0 aliphatic heterocycles. The van der Waals surface area contributed by atoms with Gasteiger partial charge >= 0.3 is 5.97 Å². The maximum Gasteiger partial charge on any atom is 0.313 e. The second-order valence-corrected chi connectivity index (χ2v) is 6.86. The molecule has 0 aliphatic carbocycles. The van der Waals surface area contributed by atoms with Gasteiger partial charge in [-0.05, 0) is 43.9 Å². The zero-order valence-corrected chi connectivity index (χ0v) is 14.0. The smallest absolute Gasteiger partial charge is 0.313 e. The molecular formula is C14H19N3O2S2. The molecule has 0 aromatic carbocycles. The number of aromatic nitrogens is 3. The van der Waals surface area contributed by atoms with Gasteiger partial charge in [-0.2, -0.15) is 11.8 Å². The minimum atomic E-state index is -0.834. The van der Waals surface area contributed by atoms with Crippen LogP contribution in [-0.2, 0) is 4.79 Å². The Morgan fingerprint density at radius 1 is 1.52 bits per heavy atom. The number of carbonyl (C=O) groups is 1. The summed E-state index contributed by atoms with van der Waals surface area (Å²) in [6.45, 7) is 4.11. The van der Waals surface area contributed by atoms with E-state index in [2.05, 4.69) is 27.7 Å². The van der Waals surface area contributed by atoms with E-state index in [0.717, 1.165) is 34.1 Å². The molecule has 2 heterocycles. The number of thioether (sulfide) groups is 2. The zero-order chi connectivity index (χ0) is 15.4.